The highest BCUT2D eigenvalue weighted by Gasteiger charge is 2.51. The van der Waals surface area contributed by atoms with Crippen molar-refractivity contribution in [1.29, 1.82) is 0 Å². The van der Waals surface area contributed by atoms with Crippen LogP contribution in [-0.2, 0) is 19.4 Å². The maximum absolute atomic E-state index is 12.2. The minimum atomic E-state index is -3.79. The number of carbonyl (C=O) groups excluding carboxylic acids is 1. The molecule has 0 aliphatic rings. The van der Waals surface area contributed by atoms with E-state index in [1.807, 2.05) is 43.3 Å². The van der Waals surface area contributed by atoms with Crippen LogP contribution in [0.4, 0.5) is 4.79 Å². The normalized spacial score (nSPS) is 13.5. The molecule has 8 nitrogen and oxygen atoms in total. The summed E-state index contributed by atoms with van der Waals surface area (Å²) in [5.41, 5.74) is 4.86. The number of ether oxygens (including phenoxy) is 1. The Labute approximate surface area is 191 Å². The van der Waals surface area contributed by atoms with Crippen LogP contribution in [0.2, 0.25) is 5.04 Å². The van der Waals surface area contributed by atoms with E-state index in [9.17, 15) is 13.2 Å². The van der Waals surface area contributed by atoms with Gasteiger partial charge in [0.15, 0.2) is 0 Å². The van der Waals surface area contributed by atoms with Crippen molar-refractivity contribution in [1.82, 2.24) is 9.44 Å². The first-order chi connectivity index (χ1) is 15.0. The van der Waals surface area contributed by atoms with Gasteiger partial charge in [0.2, 0.25) is 0 Å². The number of hydrogen-bond acceptors (Lipinski definition) is 5. The van der Waals surface area contributed by atoms with Crippen molar-refractivity contribution in [3.63, 3.8) is 0 Å². The Morgan fingerprint density at radius 1 is 1.00 bits per heavy atom. The van der Waals surface area contributed by atoms with Crippen LogP contribution in [0.1, 0.15) is 27.7 Å². The Bertz CT molecular complexity index is 927. The van der Waals surface area contributed by atoms with Gasteiger partial charge in [-0.2, -0.15) is 17.9 Å². The number of primary amides is 1. The zero-order valence-corrected chi connectivity index (χ0v) is 20.8. The van der Waals surface area contributed by atoms with Crippen molar-refractivity contribution in [3.05, 3.63) is 60.7 Å². The minimum Gasteiger partial charge on any atom is -0.448 e. The Balaban J connectivity index is 2.22. The topological polar surface area (TPSA) is 120 Å². The maximum Gasteiger partial charge on any atom is 0.404 e. The third-order valence-electron chi connectivity index (χ3n) is 4.99. The predicted octanol–water partition coefficient (Wildman–Crippen LogP) is 1.47. The van der Waals surface area contributed by atoms with Crippen LogP contribution in [0.15, 0.2) is 60.7 Å². The van der Waals surface area contributed by atoms with Crippen molar-refractivity contribution < 1.29 is 22.4 Å². The Hall–Kier alpha value is -2.24. The van der Waals surface area contributed by atoms with Crippen LogP contribution in [0.25, 0.3) is 0 Å². The number of amides is 1. The van der Waals surface area contributed by atoms with E-state index in [1.165, 1.54) is 0 Å². The molecule has 0 bridgehead atoms. The van der Waals surface area contributed by atoms with Gasteiger partial charge in [-0.15, -0.1) is 0 Å². The molecule has 1 unspecified atom stereocenters. The van der Waals surface area contributed by atoms with E-state index < -0.39 is 30.7 Å². The molecule has 176 valence electrons. The summed E-state index contributed by atoms with van der Waals surface area (Å²) in [6.07, 6.45) is -1.36. The predicted molar refractivity (Wildman–Crippen MR) is 129 cm³/mol. The molecule has 32 heavy (non-hydrogen) atoms. The second-order valence-electron chi connectivity index (χ2n) is 8.51. The maximum atomic E-state index is 12.2. The zero-order chi connectivity index (χ0) is 23.8. The van der Waals surface area contributed by atoms with Crippen molar-refractivity contribution in [2.75, 3.05) is 19.7 Å². The largest absolute Gasteiger partial charge is 0.448 e. The van der Waals surface area contributed by atoms with Gasteiger partial charge in [0.25, 0.3) is 18.5 Å². The second kappa shape index (κ2) is 11.1. The molecular weight excluding hydrogens is 446 g/mol. The monoisotopic (exact) mass is 479 g/mol. The molecule has 0 spiro atoms. The molecule has 0 fully saturated rings. The lowest BCUT2D eigenvalue weighted by molar-refractivity contribution is 0.159. The zero-order valence-electron chi connectivity index (χ0n) is 19.0. The highest BCUT2D eigenvalue weighted by molar-refractivity contribution is 7.87. The summed E-state index contributed by atoms with van der Waals surface area (Å²) < 4.78 is 40.7. The van der Waals surface area contributed by atoms with E-state index in [0.717, 1.165) is 10.4 Å². The Morgan fingerprint density at radius 3 is 1.94 bits per heavy atom. The molecule has 2 rings (SSSR count). The van der Waals surface area contributed by atoms with Gasteiger partial charge in [-0.05, 0) is 22.3 Å². The van der Waals surface area contributed by atoms with E-state index in [1.54, 1.807) is 0 Å². The summed E-state index contributed by atoms with van der Waals surface area (Å²) in [5.74, 6) is 0. The van der Waals surface area contributed by atoms with E-state index in [0.29, 0.717) is 0 Å². The van der Waals surface area contributed by atoms with Gasteiger partial charge in [0.1, 0.15) is 6.61 Å². The molecule has 2 aromatic carbocycles. The van der Waals surface area contributed by atoms with Crippen LogP contribution in [0.3, 0.4) is 0 Å². The number of nitrogens with one attached hydrogen (secondary N) is 2. The van der Waals surface area contributed by atoms with Crippen LogP contribution in [0.5, 0.6) is 0 Å². The summed E-state index contributed by atoms with van der Waals surface area (Å²) in [6, 6.07) is 20.3. The first-order valence-corrected chi connectivity index (χ1v) is 13.8. The minimum absolute atomic E-state index is 0.0799. The SMILES string of the molecule is CC(CNS(=O)(=O)NCCOC(N)=O)O[Si](c1ccccc1)(c1ccccc1)C(C)(C)C. The summed E-state index contributed by atoms with van der Waals surface area (Å²) in [6.45, 7) is 8.20. The van der Waals surface area contributed by atoms with Gasteiger partial charge >= 0.3 is 6.09 Å². The average molecular weight is 480 g/mol. The third-order valence-corrected chi connectivity index (χ3v) is 11.3. The fraction of sp³-hybridized carbons (Fsp3) is 0.409. The molecule has 0 radical (unpaired) electrons. The van der Waals surface area contributed by atoms with E-state index in [2.05, 4.69) is 59.2 Å². The quantitative estimate of drug-likeness (QED) is 0.333. The molecule has 0 saturated carbocycles. The number of hydrogen-bond donors (Lipinski definition) is 3. The molecule has 0 heterocycles. The van der Waals surface area contributed by atoms with Crippen molar-refractivity contribution in [2.24, 2.45) is 5.73 Å². The number of benzene rings is 2. The van der Waals surface area contributed by atoms with E-state index in [4.69, 9.17) is 10.2 Å². The van der Waals surface area contributed by atoms with Gasteiger partial charge in [0, 0.05) is 13.1 Å². The summed E-state index contributed by atoms with van der Waals surface area (Å²) in [5, 5.41) is 2.03. The van der Waals surface area contributed by atoms with Crippen molar-refractivity contribution in [3.8, 4) is 0 Å². The summed E-state index contributed by atoms with van der Waals surface area (Å²) >= 11 is 0. The molecule has 0 aliphatic carbocycles. The van der Waals surface area contributed by atoms with Crippen molar-refractivity contribution in [2.45, 2.75) is 38.8 Å². The fourth-order valence-corrected chi connectivity index (χ4v) is 9.25. The second-order valence-corrected chi connectivity index (χ2v) is 14.3. The highest BCUT2D eigenvalue weighted by atomic mass is 32.2. The highest BCUT2D eigenvalue weighted by Crippen LogP contribution is 2.37. The Morgan fingerprint density at radius 2 is 1.50 bits per heavy atom. The van der Waals surface area contributed by atoms with Gasteiger partial charge in [-0.3, -0.25) is 0 Å². The molecule has 1 amide bonds. The first kappa shape index (κ1) is 26.0. The van der Waals surface area contributed by atoms with Crippen LogP contribution >= 0.6 is 0 Å². The fourth-order valence-electron chi connectivity index (χ4n) is 3.64. The van der Waals surface area contributed by atoms with Crippen molar-refractivity contribution >= 4 is 35.0 Å². The van der Waals surface area contributed by atoms with Crippen LogP contribution in [-0.4, -0.2) is 48.6 Å². The molecular formula is C22H33N3O5SSi. The first-order valence-electron chi connectivity index (χ1n) is 10.4. The standard InChI is InChI=1S/C22H33N3O5SSi/c1-18(17-25-31(27,28)24-15-16-29-21(23)26)30-32(22(2,3)4,19-11-7-5-8-12-19)20-13-9-6-10-14-20/h5-14,18,24-25H,15-17H2,1-4H3,(H2,23,26). The molecule has 2 aromatic rings. The smallest absolute Gasteiger partial charge is 0.404 e. The lowest BCUT2D eigenvalue weighted by atomic mass is 10.2. The van der Waals surface area contributed by atoms with Gasteiger partial charge < -0.3 is 14.9 Å². The third kappa shape index (κ3) is 6.88. The molecule has 0 aromatic heterocycles. The van der Waals surface area contributed by atoms with Crippen LogP contribution in [0, 0.1) is 0 Å². The molecule has 0 aliphatic heterocycles. The molecule has 0 saturated heterocycles. The molecule has 4 N–H and O–H groups in total. The van der Waals surface area contributed by atoms with E-state index in [-0.39, 0.29) is 24.7 Å². The van der Waals surface area contributed by atoms with E-state index >= 15 is 0 Å². The van der Waals surface area contributed by atoms with Crippen LogP contribution < -0.4 is 25.6 Å². The summed E-state index contributed by atoms with van der Waals surface area (Å²) in [4.78, 5) is 10.6. The molecule has 1 atom stereocenters. The van der Waals surface area contributed by atoms with Gasteiger partial charge in [-0.25, -0.2) is 4.79 Å². The van der Waals surface area contributed by atoms with Gasteiger partial charge in [-0.1, -0.05) is 81.4 Å². The lowest BCUT2D eigenvalue weighted by Crippen LogP contribution is -2.68. The van der Waals surface area contributed by atoms with Gasteiger partial charge in [0.05, 0.1) is 6.10 Å². The number of rotatable bonds is 11. The Kier molecular flexibility index (Phi) is 8.99. The lowest BCUT2D eigenvalue weighted by Gasteiger charge is -2.44. The average Bonchev–Trinajstić information content (AvgIpc) is 2.74. The number of nitrogens with two attached hydrogens (primary N) is 1. The summed E-state index contributed by atoms with van der Waals surface area (Å²) in [7, 11) is -6.57. The number of carbonyl (C=O) groups is 1. The molecule has 10 heteroatoms.